The van der Waals surface area contributed by atoms with Crippen LogP contribution in [0.5, 0.6) is 0 Å². The standard InChI is InChI=1S/C6H11ClO4.3Ac/c1-2-3(8)4(9)5(10)6(7)11-2;;;/h2-6,8-10H,1H3;;;/t2?,3-,4?,5?,6+;;;/m0.../s1. The fourth-order valence-corrected chi connectivity index (χ4v) is 1.31. The molecule has 1 fully saturated rings. The van der Waals surface area contributed by atoms with E-state index in [1.165, 1.54) is 0 Å². The summed E-state index contributed by atoms with van der Waals surface area (Å²) in [6.45, 7) is 1.58. The first-order valence-corrected chi connectivity index (χ1v) is 3.81. The van der Waals surface area contributed by atoms with Gasteiger partial charge in [0.2, 0.25) is 0 Å². The second-order valence-electron chi connectivity index (χ2n) is 2.66. The van der Waals surface area contributed by atoms with Gasteiger partial charge in [0.1, 0.15) is 18.3 Å². The average molecular weight is 864 g/mol. The van der Waals surface area contributed by atoms with Crippen molar-refractivity contribution in [1.82, 2.24) is 0 Å². The summed E-state index contributed by atoms with van der Waals surface area (Å²) in [4.78, 5) is 0. The zero-order valence-electron chi connectivity index (χ0n) is 7.75. The van der Waals surface area contributed by atoms with Gasteiger partial charge in [0.15, 0.2) is 5.56 Å². The molecule has 0 amide bonds. The molecule has 75 valence electrons. The van der Waals surface area contributed by atoms with Gasteiger partial charge in [0, 0.05) is 132 Å². The number of ether oxygens (including phenoxy) is 1. The summed E-state index contributed by atoms with van der Waals surface area (Å²) in [6, 6.07) is 0. The van der Waals surface area contributed by atoms with Crippen molar-refractivity contribution >= 4 is 11.6 Å². The first-order chi connectivity index (χ1) is 5.04. The molecule has 1 heterocycles. The predicted octanol–water partition coefficient (Wildman–Crippen LogP) is -0.947. The van der Waals surface area contributed by atoms with Crippen molar-refractivity contribution in [3.63, 3.8) is 0 Å². The fourth-order valence-electron chi connectivity index (χ4n) is 1.00. The molecular formula is C6H11Ac3ClO4. The van der Waals surface area contributed by atoms with E-state index in [1.54, 1.807) is 6.92 Å². The van der Waals surface area contributed by atoms with Crippen LogP contribution in [0.15, 0.2) is 0 Å². The molecule has 0 aliphatic carbocycles. The number of aliphatic hydroxyl groups excluding tert-OH is 3. The molecule has 1 rings (SSSR count). The third kappa shape index (κ3) is 6.57. The van der Waals surface area contributed by atoms with E-state index in [4.69, 9.17) is 31.7 Å². The van der Waals surface area contributed by atoms with Gasteiger partial charge < -0.3 is 20.1 Å². The fraction of sp³-hybridized carbons (Fsp3) is 1.00. The van der Waals surface area contributed by atoms with Crippen molar-refractivity contribution in [2.75, 3.05) is 0 Å². The van der Waals surface area contributed by atoms with Gasteiger partial charge in [-0.1, -0.05) is 11.6 Å². The predicted molar refractivity (Wildman–Crippen MR) is 38.2 cm³/mol. The van der Waals surface area contributed by atoms with E-state index in [0.717, 1.165) is 0 Å². The largest absolute Gasteiger partial charge is 0.388 e. The minimum absolute atomic E-state index is 0. The topological polar surface area (TPSA) is 69.9 Å². The van der Waals surface area contributed by atoms with Gasteiger partial charge in [-0.15, -0.1) is 0 Å². The quantitative estimate of drug-likeness (QED) is 0.276. The molecule has 0 aromatic rings. The molecule has 3 unspecified atom stereocenters. The zero-order chi connectivity index (χ0) is 8.59. The van der Waals surface area contributed by atoms with Crippen LogP contribution < -0.4 is 0 Å². The Bertz CT molecular complexity index is 139. The molecule has 1 aliphatic rings. The number of aliphatic hydroxyl groups is 3. The zero-order valence-corrected chi connectivity index (χ0v) is 22.7. The average Bonchev–Trinajstić information content (AvgIpc) is 1.97. The van der Waals surface area contributed by atoms with Crippen molar-refractivity contribution in [2.24, 2.45) is 0 Å². The summed E-state index contributed by atoms with van der Waals surface area (Å²) in [6.07, 6.45) is -4.06. The van der Waals surface area contributed by atoms with E-state index in [1.807, 2.05) is 0 Å². The van der Waals surface area contributed by atoms with Crippen molar-refractivity contribution in [3.8, 4) is 0 Å². The summed E-state index contributed by atoms with van der Waals surface area (Å²) in [7, 11) is 0. The molecule has 0 bridgehead atoms. The van der Waals surface area contributed by atoms with E-state index >= 15 is 0 Å². The Morgan fingerprint density at radius 3 is 1.79 bits per heavy atom. The molecule has 1 aliphatic heterocycles. The Labute approximate surface area is 196 Å². The van der Waals surface area contributed by atoms with Crippen LogP contribution in [0.1, 0.15) is 6.92 Å². The van der Waals surface area contributed by atoms with E-state index in [-0.39, 0.29) is 132 Å². The van der Waals surface area contributed by atoms with E-state index < -0.39 is 30.0 Å². The second kappa shape index (κ2) is 11.3. The monoisotopic (exact) mass is 863 g/mol. The molecule has 0 spiro atoms. The second-order valence-corrected chi connectivity index (χ2v) is 3.09. The summed E-state index contributed by atoms with van der Waals surface area (Å²) in [5.74, 6) is 0. The maximum absolute atomic E-state index is 9.14. The Morgan fingerprint density at radius 2 is 1.36 bits per heavy atom. The Kier molecular flexibility index (Phi) is 19.0. The molecule has 8 heteroatoms. The minimum atomic E-state index is -1.22. The number of hydrogen-bond donors (Lipinski definition) is 3. The molecule has 4 nitrogen and oxygen atoms in total. The maximum atomic E-state index is 9.14. The van der Waals surface area contributed by atoms with Crippen LogP contribution >= 0.6 is 11.6 Å². The molecule has 0 aromatic heterocycles. The van der Waals surface area contributed by atoms with Gasteiger partial charge in [-0.3, -0.25) is 0 Å². The normalized spacial score (nSPS) is 41.4. The molecule has 0 aromatic carbocycles. The number of alkyl halides is 1. The van der Waals surface area contributed by atoms with E-state index in [9.17, 15) is 0 Å². The van der Waals surface area contributed by atoms with Crippen molar-refractivity contribution < 1.29 is 152 Å². The Balaban J connectivity index is -0.000000403. The molecular weight excluding hydrogens is 853 g/mol. The molecule has 5 atom stereocenters. The van der Waals surface area contributed by atoms with Crippen LogP contribution in [0.3, 0.4) is 0 Å². The molecule has 3 N–H and O–H groups in total. The van der Waals surface area contributed by atoms with Crippen molar-refractivity contribution in [2.45, 2.75) is 36.9 Å². The van der Waals surface area contributed by atoms with Gasteiger partial charge in [-0.2, -0.15) is 0 Å². The van der Waals surface area contributed by atoms with Crippen LogP contribution in [-0.4, -0.2) is 45.3 Å². The summed E-state index contributed by atoms with van der Waals surface area (Å²) < 4.78 is 4.89. The summed E-state index contributed by atoms with van der Waals surface area (Å²) >= 11 is 5.48. The third-order valence-corrected chi connectivity index (χ3v) is 2.15. The minimum Gasteiger partial charge on any atom is -0.388 e. The first kappa shape index (κ1) is 23.5. The third-order valence-electron chi connectivity index (χ3n) is 1.79. The molecule has 0 saturated carbocycles. The van der Waals surface area contributed by atoms with Gasteiger partial charge >= 0.3 is 0 Å². The molecule has 3 radical (unpaired) electrons. The maximum Gasteiger partial charge on any atom is 0.160 e. The Hall–Kier alpha value is 4.45. The van der Waals surface area contributed by atoms with E-state index in [0.29, 0.717) is 0 Å². The SMILES string of the molecule is CC1O[C@@H](Cl)C(O)C(O)[C@H]1O.[Ac].[Ac].[Ac]. The van der Waals surface area contributed by atoms with Gasteiger partial charge in [0.05, 0.1) is 6.10 Å². The number of hydrogen-bond acceptors (Lipinski definition) is 4. The van der Waals surface area contributed by atoms with Crippen LogP contribution in [0.4, 0.5) is 0 Å². The van der Waals surface area contributed by atoms with Crippen LogP contribution in [0.25, 0.3) is 0 Å². The van der Waals surface area contributed by atoms with Crippen LogP contribution in [0.2, 0.25) is 0 Å². The Morgan fingerprint density at radius 1 is 0.929 bits per heavy atom. The summed E-state index contributed by atoms with van der Waals surface area (Å²) in [5, 5.41) is 27.3. The van der Waals surface area contributed by atoms with Gasteiger partial charge in [-0.05, 0) is 6.92 Å². The van der Waals surface area contributed by atoms with Crippen molar-refractivity contribution in [1.29, 1.82) is 0 Å². The summed E-state index contributed by atoms with van der Waals surface area (Å²) in [5.41, 5.74) is -0.941. The van der Waals surface area contributed by atoms with Crippen LogP contribution in [0, 0.1) is 132 Å². The van der Waals surface area contributed by atoms with E-state index in [2.05, 4.69) is 0 Å². The van der Waals surface area contributed by atoms with Gasteiger partial charge in [0.25, 0.3) is 0 Å². The number of halogens is 1. The molecule has 1 saturated heterocycles. The smallest absolute Gasteiger partial charge is 0.160 e. The molecule has 14 heavy (non-hydrogen) atoms. The van der Waals surface area contributed by atoms with Gasteiger partial charge in [-0.25, -0.2) is 0 Å². The van der Waals surface area contributed by atoms with Crippen LogP contribution in [-0.2, 0) is 4.74 Å². The number of rotatable bonds is 0. The first-order valence-electron chi connectivity index (χ1n) is 3.37. The van der Waals surface area contributed by atoms with Crippen molar-refractivity contribution in [3.05, 3.63) is 0 Å².